The van der Waals surface area contributed by atoms with Gasteiger partial charge in [0.25, 0.3) is 0 Å². The molecule has 0 spiro atoms. The van der Waals surface area contributed by atoms with Gasteiger partial charge < -0.3 is 10.1 Å². The van der Waals surface area contributed by atoms with Gasteiger partial charge in [0.15, 0.2) is 5.82 Å². The number of nitrogens with zero attached hydrogens (tertiary/aromatic N) is 3. The molecule has 0 bridgehead atoms. The fourth-order valence-electron chi connectivity index (χ4n) is 1.57. The zero-order valence-electron chi connectivity index (χ0n) is 10.8. The van der Waals surface area contributed by atoms with Crippen LogP contribution in [0.15, 0.2) is 24.5 Å². The number of aromatic amines is 1. The Hall–Kier alpha value is -2.28. The summed E-state index contributed by atoms with van der Waals surface area (Å²) < 4.78 is 4.75. The standard InChI is InChI=1S/C12H15N5O2/c1-8(14-10(18)7-19-2)11-15-12(17-16-11)9-4-3-5-13-6-9/h3-6,8H,7H2,1-2H3,(H,14,18)(H,15,16,17)/t8-/m1/s1. The number of methoxy groups -OCH3 is 1. The molecule has 1 amide bonds. The number of ether oxygens (including phenoxy) is 1. The monoisotopic (exact) mass is 261 g/mol. The Morgan fingerprint density at radius 1 is 1.58 bits per heavy atom. The molecule has 100 valence electrons. The van der Waals surface area contributed by atoms with Crippen molar-refractivity contribution >= 4 is 5.91 Å². The molecule has 0 fully saturated rings. The van der Waals surface area contributed by atoms with Gasteiger partial charge in [0.05, 0.1) is 6.04 Å². The van der Waals surface area contributed by atoms with Crippen LogP contribution in [0.2, 0.25) is 0 Å². The Balaban J connectivity index is 2.07. The van der Waals surface area contributed by atoms with Gasteiger partial charge in [0.1, 0.15) is 12.4 Å². The highest BCUT2D eigenvalue weighted by atomic mass is 16.5. The molecular weight excluding hydrogens is 246 g/mol. The fraction of sp³-hybridized carbons (Fsp3) is 0.333. The van der Waals surface area contributed by atoms with Crippen molar-refractivity contribution in [2.75, 3.05) is 13.7 Å². The van der Waals surface area contributed by atoms with Gasteiger partial charge in [-0.25, -0.2) is 4.98 Å². The molecule has 1 atom stereocenters. The van der Waals surface area contributed by atoms with E-state index in [0.717, 1.165) is 5.56 Å². The van der Waals surface area contributed by atoms with Gasteiger partial charge in [-0.15, -0.1) is 0 Å². The lowest BCUT2D eigenvalue weighted by atomic mass is 10.3. The number of carbonyl (C=O) groups is 1. The number of carbonyl (C=O) groups excluding carboxylic acids is 1. The molecule has 2 aromatic rings. The number of rotatable bonds is 5. The molecule has 19 heavy (non-hydrogen) atoms. The minimum Gasteiger partial charge on any atom is -0.375 e. The molecule has 0 saturated carbocycles. The first-order chi connectivity index (χ1) is 9.20. The second kappa shape index (κ2) is 6.05. The van der Waals surface area contributed by atoms with Crippen molar-refractivity contribution in [3.8, 4) is 11.4 Å². The molecule has 2 rings (SSSR count). The Kier molecular flexibility index (Phi) is 4.19. The second-order valence-corrected chi connectivity index (χ2v) is 4.01. The van der Waals surface area contributed by atoms with E-state index in [2.05, 4.69) is 25.5 Å². The Bertz CT molecular complexity index is 540. The van der Waals surface area contributed by atoms with Gasteiger partial charge in [0.2, 0.25) is 5.91 Å². The normalized spacial score (nSPS) is 12.1. The van der Waals surface area contributed by atoms with E-state index < -0.39 is 0 Å². The van der Waals surface area contributed by atoms with Crippen molar-refractivity contribution in [1.82, 2.24) is 25.5 Å². The van der Waals surface area contributed by atoms with Gasteiger partial charge in [-0.3, -0.25) is 14.9 Å². The van der Waals surface area contributed by atoms with E-state index in [1.807, 2.05) is 19.1 Å². The van der Waals surface area contributed by atoms with Gasteiger partial charge in [-0.2, -0.15) is 5.10 Å². The Morgan fingerprint density at radius 3 is 3.11 bits per heavy atom. The summed E-state index contributed by atoms with van der Waals surface area (Å²) in [4.78, 5) is 19.7. The van der Waals surface area contributed by atoms with Crippen molar-refractivity contribution in [2.24, 2.45) is 0 Å². The molecule has 0 radical (unpaired) electrons. The summed E-state index contributed by atoms with van der Waals surface area (Å²) in [5.74, 6) is 0.938. The molecule has 7 heteroatoms. The minimum atomic E-state index is -0.263. The zero-order chi connectivity index (χ0) is 13.7. The van der Waals surface area contributed by atoms with E-state index in [1.54, 1.807) is 12.4 Å². The lowest BCUT2D eigenvalue weighted by Gasteiger charge is -2.09. The average Bonchev–Trinajstić information content (AvgIpc) is 2.89. The number of amides is 1. The lowest BCUT2D eigenvalue weighted by Crippen LogP contribution is -2.30. The van der Waals surface area contributed by atoms with E-state index in [9.17, 15) is 4.79 Å². The van der Waals surface area contributed by atoms with Gasteiger partial charge in [-0.05, 0) is 19.1 Å². The van der Waals surface area contributed by atoms with Crippen LogP contribution in [0.5, 0.6) is 0 Å². The van der Waals surface area contributed by atoms with E-state index >= 15 is 0 Å². The van der Waals surface area contributed by atoms with Crippen LogP contribution < -0.4 is 5.32 Å². The third kappa shape index (κ3) is 3.35. The summed E-state index contributed by atoms with van der Waals surface area (Å²) in [5.41, 5.74) is 0.820. The number of hydrogen-bond acceptors (Lipinski definition) is 5. The van der Waals surface area contributed by atoms with Crippen LogP contribution in [-0.2, 0) is 9.53 Å². The van der Waals surface area contributed by atoms with Crippen LogP contribution in [-0.4, -0.2) is 39.8 Å². The predicted octanol–water partition coefficient (Wildman–Crippen LogP) is 0.690. The summed E-state index contributed by atoms with van der Waals surface area (Å²) in [6, 6.07) is 3.42. The van der Waals surface area contributed by atoms with Crippen molar-refractivity contribution in [3.63, 3.8) is 0 Å². The SMILES string of the molecule is COCC(=O)N[C@H](C)c1nc(-c2cccnc2)n[nH]1. The molecule has 0 aliphatic carbocycles. The first-order valence-corrected chi connectivity index (χ1v) is 5.81. The van der Waals surface area contributed by atoms with Crippen LogP contribution in [0.3, 0.4) is 0 Å². The highest BCUT2D eigenvalue weighted by Crippen LogP contribution is 2.15. The number of pyridine rings is 1. The first kappa shape index (κ1) is 13.2. The number of nitrogens with one attached hydrogen (secondary N) is 2. The zero-order valence-corrected chi connectivity index (χ0v) is 10.8. The molecule has 2 heterocycles. The summed E-state index contributed by atoms with van der Waals surface area (Å²) >= 11 is 0. The molecule has 0 aliphatic rings. The molecule has 2 N–H and O–H groups in total. The lowest BCUT2D eigenvalue weighted by molar-refractivity contribution is -0.125. The van der Waals surface area contributed by atoms with E-state index in [4.69, 9.17) is 4.74 Å². The molecule has 0 aliphatic heterocycles. The summed E-state index contributed by atoms with van der Waals surface area (Å²) in [6.07, 6.45) is 3.37. The van der Waals surface area contributed by atoms with Crippen LogP contribution in [0.4, 0.5) is 0 Å². The molecule has 0 saturated heterocycles. The smallest absolute Gasteiger partial charge is 0.246 e. The van der Waals surface area contributed by atoms with Crippen molar-refractivity contribution in [2.45, 2.75) is 13.0 Å². The Labute approximate surface area is 110 Å². The maximum atomic E-state index is 11.4. The largest absolute Gasteiger partial charge is 0.375 e. The van der Waals surface area contributed by atoms with Crippen molar-refractivity contribution < 1.29 is 9.53 Å². The molecule has 0 aromatic carbocycles. The highest BCUT2D eigenvalue weighted by molar-refractivity contribution is 5.77. The average molecular weight is 261 g/mol. The highest BCUT2D eigenvalue weighted by Gasteiger charge is 2.14. The second-order valence-electron chi connectivity index (χ2n) is 4.01. The van der Waals surface area contributed by atoms with Crippen LogP contribution in [0.1, 0.15) is 18.8 Å². The van der Waals surface area contributed by atoms with E-state index in [-0.39, 0.29) is 18.6 Å². The number of H-pyrrole nitrogens is 1. The molecular formula is C12H15N5O2. The van der Waals surface area contributed by atoms with Crippen LogP contribution in [0.25, 0.3) is 11.4 Å². The number of aromatic nitrogens is 4. The fourth-order valence-corrected chi connectivity index (χ4v) is 1.57. The summed E-state index contributed by atoms with van der Waals surface area (Å²) in [7, 11) is 1.47. The molecule has 2 aromatic heterocycles. The van der Waals surface area contributed by atoms with Crippen molar-refractivity contribution in [3.05, 3.63) is 30.4 Å². The van der Waals surface area contributed by atoms with Gasteiger partial charge >= 0.3 is 0 Å². The van der Waals surface area contributed by atoms with E-state index in [0.29, 0.717) is 11.6 Å². The van der Waals surface area contributed by atoms with E-state index in [1.165, 1.54) is 7.11 Å². The molecule has 7 nitrogen and oxygen atoms in total. The quantitative estimate of drug-likeness (QED) is 0.826. The maximum absolute atomic E-state index is 11.4. The Morgan fingerprint density at radius 2 is 2.42 bits per heavy atom. The van der Waals surface area contributed by atoms with Crippen molar-refractivity contribution in [1.29, 1.82) is 0 Å². The third-order valence-electron chi connectivity index (χ3n) is 2.49. The predicted molar refractivity (Wildman–Crippen MR) is 68.0 cm³/mol. The first-order valence-electron chi connectivity index (χ1n) is 5.81. The minimum absolute atomic E-state index is 0.0218. The van der Waals surface area contributed by atoms with Crippen LogP contribution in [0, 0.1) is 0 Å². The van der Waals surface area contributed by atoms with Crippen LogP contribution >= 0.6 is 0 Å². The van der Waals surface area contributed by atoms with Gasteiger partial charge in [-0.1, -0.05) is 0 Å². The maximum Gasteiger partial charge on any atom is 0.246 e. The molecule has 0 unspecified atom stereocenters. The summed E-state index contributed by atoms with van der Waals surface area (Å²) in [5, 5.41) is 9.66. The number of hydrogen-bond donors (Lipinski definition) is 2. The third-order valence-corrected chi connectivity index (χ3v) is 2.49. The van der Waals surface area contributed by atoms with Gasteiger partial charge in [0, 0.05) is 25.1 Å². The topological polar surface area (TPSA) is 92.8 Å². The summed E-state index contributed by atoms with van der Waals surface area (Å²) in [6.45, 7) is 1.84.